The van der Waals surface area contributed by atoms with Crippen LogP contribution < -0.4 is 0 Å². The lowest BCUT2D eigenvalue weighted by Gasteiger charge is -2.39. The van der Waals surface area contributed by atoms with Crippen molar-refractivity contribution in [2.45, 2.75) is 53.4 Å². The minimum Gasteiger partial charge on any atom is -0.383 e. The van der Waals surface area contributed by atoms with E-state index in [1.165, 1.54) is 51.9 Å². The Balaban J connectivity index is 0.000000641. The molecule has 2 saturated heterocycles. The molecule has 0 aliphatic carbocycles. The zero-order chi connectivity index (χ0) is 15.4. The zero-order valence-corrected chi connectivity index (χ0v) is 14.9. The monoisotopic (exact) mass is 286 g/mol. The fourth-order valence-electron chi connectivity index (χ4n) is 3.04. The maximum atomic E-state index is 5.13. The summed E-state index contributed by atoms with van der Waals surface area (Å²) in [4.78, 5) is 5.04. The highest BCUT2D eigenvalue weighted by atomic mass is 16.5. The molecule has 0 N–H and O–H groups in total. The van der Waals surface area contributed by atoms with E-state index < -0.39 is 0 Å². The summed E-state index contributed by atoms with van der Waals surface area (Å²) in [5.41, 5.74) is 0.665. The van der Waals surface area contributed by atoms with E-state index >= 15 is 0 Å². The maximum absolute atomic E-state index is 5.13. The summed E-state index contributed by atoms with van der Waals surface area (Å²) in [5.74, 6) is 0. The van der Waals surface area contributed by atoms with E-state index in [-0.39, 0.29) is 0 Å². The third-order valence-electron chi connectivity index (χ3n) is 4.16. The van der Waals surface area contributed by atoms with Crippen LogP contribution in [0.5, 0.6) is 0 Å². The molecule has 0 saturated carbocycles. The van der Waals surface area contributed by atoms with Gasteiger partial charge in [0.1, 0.15) is 0 Å². The Morgan fingerprint density at radius 2 is 1.50 bits per heavy atom. The second-order valence-corrected chi connectivity index (χ2v) is 6.03. The van der Waals surface area contributed by atoms with Crippen LogP contribution in [0.4, 0.5) is 0 Å². The first kappa shape index (κ1) is 19.9. The number of hydrogen-bond donors (Lipinski definition) is 0. The van der Waals surface area contributed by atoms with Gasteiger partial charge < -0.3 is 14.5 Å². The predicted molar refractivity (Wildman–Crippen MR) is 89.4 cm³/mol. The van der Waals surface area contributed by atoms with Gasteiger partial charge in [0.2, 0.25) is 0 Å². The normalized spacial score (nSPS) is 21.9. The first-order valence-corrected chi connectivity index (χ1v) is 8.55. The molecule has 0 unspecified atom stereocenters. The number of rotatable bonds is 3. The first-order valence-electron chi connectivity index (χ1n) is 8.55. The van der Waals surface area contributed by atoms with Crippen LogP contribution in [0.1, 0.15) is 53.4 Å². The molecule has 0 aromatic heterocycles. The van der Waals surface area contributed by atoms with Crippen LogP contribution in [0.15, 0.2) is 0 Å². The van der Waals surface area contributed by atoms with Crippen LogP contribution in [0.3, 0.4) is 0 Å². The van der Waals surface area contributed by atoms with Crippen LogP contribution in [0, 0.1) is 5.41 Å². The summed E-state index contributed by atoms with van der Waals surface area (Å²) in [6, 6.07) is 0. The molecule has 0 amide bonds. The molecular formula is C17H38N2O. The van der Waals surface area contributed by atoms with Crippen molar-refractivity contribution in [2.75, 3.05) is 53.5 Å². The second-order valence-electron chi connectivity index (χ2n) is 6.03. The predicted octanol–water partition coefficient (Wildman–Crippen LogP) is 3.49. The summed E-state index contributed by atoms with van der Waals surface area (Å²) >= 11 is 0. The Hall–Kier alpha value is -0.120. The summed E-state index contributed by atoms with van der Waals surface area (Å²) in [7, 11) is 4.05. The van der Waals surface area contributed by atoms with E-state index in [4.69, 9.17) is 4.74 Å². The number of ether oxygens (including phenoxy) is 1. The van der Waals surface area contributed by atoms with Gasteiger partial charge in [-0.15, -0.1) is 0 Å². The molecule has 2 fully saturated rings. The van der Waals surface area contributed by atoms with E-state index in [0.717, 1.165) is 13.2 Å². The molecule has 0 aromatic carbocycles. The number of methoxy groups -OCH3 is 1. The van der Waals surface area contributed by atoms with Gasteiger partial charge in [-0.05, 0) is 51.4 Å². The lowest BCUT2D eigenvalue weighted by Crippen LogP contribution is -2.42. The van der Waals surface area contributed by atoms with Crippen molar-refractivity contribution in [1.29, 1.82) is 0 Å². The summed E-state index contributed by atoms with van der Waals surface area (Å²) in [6.07, 6.45) is 5.45. The molecule has 122 valence electrons. The van der Waals surface area contributed by atoms with Crippen molar-refractivity contribution in [1.82, 2.24) is 9.80 Å². The van der Waals surface area contributed by atoms with Gasteiger partial charge in [0.25, 0.3) is 0 Å². The molecule has 1 spiro atoms. The molecule has 0 aromatic rings. The Morgan fingerprint density at radius 1 is 1.00 bits per heavy atom. The Bertz CT molecular complexity index is 213. The molecule has 0 bridgehead atoms. The van der Waals surface area contributed by atoms with Gasteiger partial charge in [-0.2, -0.15) is 0 Å². The molecular weight excluding hydrogens is 248 g/mol. The number of likely N-dealkylation sites (tertiary alicyclic amines) is 2. The average Bonchev–Trinajstić information content (AvgIpc) is 2.83. The summed E-state index contributed by atoms with van der Waals surface area (Å²) in [6.45, 7) is 15.4. The van der Waals surface area contributed by atoms with E-state index in [1.807, 2.05) is 13.8 Å². The zero-order valence-electron chi connectivity index (χ0n) is 14.9. The lowest BCUT2D eigenvalue weighted by atomic mass is 9.78. The quantitative estimate of drug-likeness (QED) is 0.790. The van der Waals surface area contributed by atoms with Gasteiger partial charge in [-0.1, -0.05) is 34.1 Å². The molecule has 2 aliphatic rings. The van der Waals surface area contributed by atoms with Crippen LogP contribution in [-0.4, -0.2) is 63.3 Å². The average molecular weight is 287 g/mol. The van der Waals surface area contributed by atoms with Gasteiger partial charge in [0, 0.05) is 20.2 Å². The van der Waals surface area contributed by atoms with Crippen molar-refractivity contribution < 1.29 is 4.74 Å². The second kappa shape index (κ2) is 11.5. The molecule has 0 atom stereocenters. The minimum atomic E-state index is 0.665. The smallest absolute Gasteiger partial charge is 0.0589 e. The minimum absolute atomic E-state index is 0.665. The van der Waals surface area contributed by atoms with E-state index in [9.17, 15) is 0 Å². The lowest BCUT2D eigenvalue weighted by molar-refractivity contribution is 0.0827. The summed E-state index contributed by atoms with van der Waals surface area (Å²) in [5, 5.41) is 0. The first-order chi connectivity index (χ1) is 9.65. The highest BCUT2D eigenvalue weighted by Crippen LogP contribution is 2.39. The van der Waals surface area contributed by atoms with Crippen LogP contribution in [0.2, 0.25) is 0 Å². The van der Waals surface area contributed by atoms with E-state index in [1.54, 1.807) is 7.11 Å². The van der Waals surface area contributed by atoms with Crippen LogP contribution in [0.25, 0.3) is 0 Å². The molecule has 2 heterocycles. The van der Waals surface area contributed by atoms with Gasteiger partial charge in [-0.3, -0.25) is 0 Å². The van der Waals surface area contributed by atoms with E-state index in [0.29, 0.717) is 5.41 Å². The Kier molecular flexibility index (Phi) is 11.5. The third-order valence-corrected chi connectivity index (χ3v) is 4.16. The van der Waals surface area contributed by atoms with Gasteiger partial charge in [-0.25, -0.2) is 0 Å². The highest BCUT2D eigenvalue weighted by Gasteiger charge is 2.38. The number of piperidine rings is 1. The molecule has 3 nitrogen and oxygen atoms in total. The highest BCUT2D eigenvalue weighted by molar-refractivity contribution is 4.92. The van der Waals surface area contributed by atoms with Gasteiger partial charge in [0.15, 0.2) is 0 Å². The summed E-state index contributed by atoms with van der Waals surface area (Å²) < 4.78 is 5.13. The van der Waals surface area contributed by atoms with Gasteiger partial charge >= 0.3 is 0 Å². The molecule has 20 heavy (non-hydrogen) atoms. The molecule has 2 aliphatic heterocycles. The molecule has 3 heteroatoms. The molecule has 2 rings (SSSR count). The molecule has 0 radical (unpaired) electrons. The maximum Gasteiger partial charge on any atom is 0.0589 e. The fourth-order valence-corrected chi connectivity index (χ4v) is 3.04. The van der Waals surface area contributed by atoms with E-state index in [2.05, 4.69) is 30.7 Å². The van der Waals surface area contributed by atoms with Crippen molar-refractivity contribution in [3.8, 4) is 0 Å². The largest absolute Gasteiger partial charge is 0.383 e. The standard InChI is InChI=1S/C12H24N2O.C3H8.C2H6/c1-13-6-3-12(11-13)4-7-14(8-5-12)9-10-15-2;1-3-2;1-2/h3-11H2,1-2H3;3H2,1-2H3;1-2H3. The third kappa shape index (κ3) is 7.05. The van der Waals surface area contributed by atoms with Gasteiger partial charge in [0.05, 0.1) is 6.61 Å². The van der Waals surface area contributed by atoms with Crippen molar-refractivity contribution in [3.05, 3.63) is 0 Å². The van der Waals surface area contributed by atoms with Crippen LogP contribution >= 0.6 is 0 Å². The topological polar surface area (TPSA) is 15.7 Å². The Labute approximate surface area is 127 Å². The van der Waals surface area contributed by atoms with Crippen molar-refractivity contribution in [3.63, 3.8) is 0 Å². The number of nitrogens with zero attached hydrogens (tertiary/aromatic N) is 2. The van der Waals surface area contributed by atoms with Crippen LogP contribution in [-0.2, 0) is 4.74 Å². The fraction of sp³-hybridized carbons (Fsp3) is 1.00. The Morgan fingerprint density at radius 3 is 1.90 bits per heavy atom. The SMILES string of the molecule is CC.CCC.COCCN1CCC2(CCN(C)C2)CC1. The van der Waals surface area contributed by atoms with Crippen molar-refractivity contribution in [2.24, 2.45) is 5.41 Å². The number of hydrogen-bond acceptors (Lipinski definition) is 3. The van der Waals surface area contributed by atoms with Crippen molar-refractivity contribution >= 4 is 0 Å².